The Morgan fingerprint density at radius 1 is 0.833 bits per heavy atom. The third kappa shape index (κ3) is 4.76. The van der Waals surface area contributed by atoms with E-state index in [0.29, 0.717) is 22.4 Å². The highest BCUT2D eigenvalue weighted by Crippen LogP contribution is 2.32. The molecule has 36 heavy (non-hydrogen) atoms. The summed E-state index contributed by atoms with van der Waals surface area (Å²) in [6, 6.07) is 21.2. The molecule has 0 saturated carbocycles. The summed E-state index contributed by atoms with van der Waals surface area (Å²) in [5.74, 6) is -3.54. The number of hydrogen-bond acceptors (Lipinski definition) is 5. The van der Waals surface area contributed by atoms with Crippen LogP contribution in [0.5, 0.6) is 0 Å². The summed E-state index contributed by atoms with van der Waals surface area (Å²) in [6.07, 6.45) is 0. The number of nitrogens with zero attached hydrogens (tertiary/aromatic N) is 2. The second-order valence-electron chi connectivity index (χ2n) is 7.82. The maximum atomic E-state index is 13.6. The van der Waals surface area contributed by atoms with Crippen LogP contribution < -0.4 is 10.9 Å². The van der Waals surface area contributed by atoms with E-state index in [2.05, 4.69) is 10.4 Å². The first kappa shape index (κ1) is 24.1. The van der Waals surface area contributed by atoms with Crippen molar-refractivity contribution in [3.8, 4) is 22.4 Å². The van der Waals surface area contributed by atoms with Gasteiger partial charge < -0.3 is 15.5 Å². The van der Waals surface area contributed by atoms with Crippen LogP contribution in [0.4, 0.5) is 5.69 Å². The molecule has 0 spiro atoms. The van der Waals surface area contributed by atoms with Gasteiger partial charge in [-0.2, -0.15) is 5.10 Å². The molecule has 0 aliphatic carbocycles. The van der Waals surface area contributed by atoms with E-state index in [9.17, 15) is 29.4 Å². The van der Waals surface area contributed by atoms with E-state index >= 15 is 0 Å². The van der Waals surface area contributed by atoms with E-state index in [0.717, 1.165) is 18.2 Å². The number of carboxylic acid groups (broad SMARTS) is 2. The molecule has 0 saturated heterocycles. The molecule has 4 aromatic rings. The molecule has 180 valence electrons. The Kier molecular flexibility index (Phi) is 6.73. The molecule has 0 fully saturated rings. The average molecular weight is 483 g/mol. The Morgan fingerprint density at radius 3 is 1.86 bits per heavy atom. The minimum absolute atomic E-state index is 0.0724. The summed E-state index contributed by atoms with van der Waals surface area (Å²) in [5, 5.41) is 25.8. The molecule has 0 atom stereocenters. The molecule has 0 bridgehead atoms. The van der Waals surface area contributed by atoms with Crippen LogP contribution in [0.25, 0.3) is 22.4 Å². The summed E-state index contributed by atoms with van der Waals surface area (Å²) < 4.78 is 1.18. The number of anilines is 1. The fraction of sp³-hybridized carbons (Fsp3) is 0.0741. The van der Waals surface area contributed by atoms with Gasteiger partial charge in [0, 0.05) is 23.4 Å². The number of hydrogen-bond donors (Lipinski definition) is 3. The quantitative estimate of drug-likeness (QED) is 0.357. The summed E-state index contributed by atoms with van der Waals surface area (Å²) >= 11 is 0. The Hall–Kier alpha value is -5.05. The predicted octanol–water partition coefficient (Wildman–Crippen LogP) is 4.25. The van der Waals surface area contributed by atoms with Crippen LogP contribution >= 0.6 is 0 Å². The molecule has 3 aromatic carbocycles. The summed E-state index contributed by atoms with van der Waals surface area (Å²) in [4.78, 5) is 50.0. The highest BCUT2D eigenvalue weighted by atomic mass is 16.4. The number of aromatic carboxylic acids is 2. The molecule has 9 nitrogen and oxygen atoms in total. The topological polar surface area (TPSA) is 139 Å². The van der Waals surface area contributed by atoms with Crippen molar-refractivity contribution in [2.24, 2.45) is 0 Å². The second-order valence-corrected chi connectivity index (χ2v) is 7.82. The SMILES string of the molecule is CCn1nc(-c2ccccc2)c(-c2ccccc2)c(C(=O)Nc2cc(C(=O)O)cc(C(=O)O)c2)c1=O. The highest BCUT2D eigenvalue weighted by molar-refractivity contribution is 6.11. The second kappa shape index (κ2) is 10.1. The number of carbonyl (C=O) groups excluding carboxylic acids is 1. The van der Waals surface area contributed by atoms with E-state index in [1.807, 2.05) is 30.3 Å². The van der Waals surface area contributed by atoms with Crippen LogP contribution in [0.1, 0.15) is 38.0 Å². The lowest BCUT2D eigenvalue weighted by Crippen LogP contribution is -2.32. The molecule has 0 aliphatic rings. The average Bonchev–Trinajstić information content (AvgIpc) is 2.89. The molecule has 1 amide bonds. The number of amides is 1. The van der Waals surface area contributed by atoms with Gasteiger partial charge in [-0.3, -0.25) is 9.59 Å². The standard InChI is InChI=1S/C27H21N3O6/c1-2-30-25(32)22(24(31)28-20-14-18(26(33)34)13-19(15-20)27(35)36)21(16-9-5-3-6-10-16)23(29-30)17-11-7-4-8-12-17/h3-15H,2H2,1H3,(H,28,31)(H,33,34)(H,35,36). The zero-order valence-electron chi connectivity index (χ0n) is 19.1. The molecular weight excluding hydrogens is 462 g/mol. The van der Waals surface area contributed by atoms with Crippen LogP contribution in [-0.2, 0) is 6.54 Å². The Bertz CT molecular complexity index is 1500. The Balaban J connectivity index is 1.95. The van der Waals surface area contributed by atoms with Crippen molar-refractivity contribution in [3.63, 3.8) is 0 Å². The van der Waals surface area contributed by atoms with E-state index in [-0.39, 0.29) is 28.9 Å². The zero-order valence-corrected chi connectivity index (χ0v) is 19.1. The van der Waals surface area contributed by atoms with Gasteiger partial charge >= 0.3 is 11.9 Å². The highest BCUT2D eigenvalue weighted by Gasteiger charge is 2.25. The summed E-state index contributed by atoms with van der Waals surface area (Å²) in [6.45, 7) is 1.92. The van der Waals surface area contributed by atoms with Gasteiger partial charge in [-0.15, -0.1) is 0 Å². The lowest BCUT2D eigenvalue weighted by Gasteiger charge is -2.17. The van der Waals surface area contributed by atoms with Gasteiger partial charge in [0.15, 0.2) is 0 Å². The first-order valence-electron chi connectivity index (χ1n) is 11.0. The zero-order chi connectivity index (χ0) is 25.8. The van der Waals surface area contributed by atoms with Gasteiger partial charge in [-0.1, -0.05) is 60.7 Å². The molecule has 1 aromatic heterocycles. The van der Waals surface area contributed by atoms with Crippen molar-refractivity contribution in [1.82, 2.24) is 9.78 Å². The molecule has 0 unspecified atom stereocenters. The van der Waals surface area contributed by atoms with Crippen molar-refractivity contribution in [1.29, 1.82) is 0 Å². The van der Waals surface area contributed by atoms with Gasteiger partial charge in [0.25, 0.3) is 11.5 Å². The Morgan fingerprint density at radius 2 is 1.36 bits per heavy atom. The van der Waals surface area contributed by atoms with E-state index in [1.54, 1.807) is 37.3 Å². The number of aromatic nitrogens is 2. The lowest BCUT2D eigenvalue weighted by molar-refractivity contribution is 0.0696. The molecule has 1 heterocycles. The van der Waals surface area contributed by atoms with Gasteiger partial charge in [0.05, 0.1) is 16.8 Å². The number of rotatable bonds is 7. The molecule has 9 heteroatoms. The molecule has 3 N–H and O–H groups in total. The Labute approximate surface area is 205 Å². The van der Waals surface area contributed by atoms with Crippen molar-refractivity contribution in [3.05, 3.63) is 106 Å². The summed E-state index contributed by atoms with van der Waals surface area (Å²) in [7, 11) is 0. The van der Waals surface area contributed by atoms with Crippen LogP contribution in [0.2, 0.25) is 0 Å². The minimum atomic E-state index is -1.36. The van der Waals surface area contributed by atoms with Crippen molar-refractivity contribution < 1.29 is 24.6 Å². The molecule has 0 aliphatic heterocycles. The maximum absolute atomic E-state index is 13.6. The van der Waals surface area contributed by atoms with E-state index in [1.165, 1.54) is 4.68 Å². The molecule has 4 rings (SSSR count). The molecule has 0 radical (unpaired) electrons. The lowest BCUT2D eigenvalue weighted by atomic mass is 9.95. The normalized spacial score (nSPS) is 10.6. The fourth-order valence-electron chi connectivity index (χ4n) is 3.82. The third-order valence-electron chi connectivity index (χ3n) is 5.48. The monoisotopic (exact) mass is 483 g/mol. The third-order valence-corrected chi connectivity index (χ3v) is 5.48. The summed E-state index contributed by atoms with van der Waals surface area (Å²) in [5.41, 5.74) is 0.445. The van der Waals surface area contributed by atoms with Gasteiger partial charge in [0.2, 0.25) is 0 Å². The minimum Gasteiger partial charge on any atom is -0.478 e. The number of carbonyl (C=O) groups is 3. The fourth-order valence-corrected chi connectivity index (χ4v) is 3.82. The maximum Gasteiger partial charge on any atom is 0.335 e. The first-order valence-corrected chi connectivity index (χ1v) is 11.0. The smallest absolute Gasteiger partial charge is 0.335 e. The van der Waals surface area contributed by atoms with E-state index in [4.69, 9.17) is 0 Å². The van der Waals surface area contributed by atoms with Crippen molar-refractivity contribution in [2.75, 3.05) is 5.32 Å². The van der Waals surface area contributed by atoms with Crippen molar-refractivity contribution >= 4 is 23.5 Å². The van der Waals surface area contributed by atoms with E-state index < -0.39 is 23.4 Å². The van der Waals surface area contributed by atoms with Gasteiger partial charge in [0.1, 0.15) is 5.56 Å². The van der Waals surface area contributed by atoms with Gasteiger partial charge in [-0.05, 0) is 30.7 Å². The first-order chi connectivity index (χ1) is 17.3. The van der Waals surface area contributed by atoms with Crippen LogP contribution in [0.15, 0.2) is 83.7 Å². The number of benzene rings is 3. The number of nitrogens with one attached hydrogen (secondary N) is 1. The van der Waals surface area contributed by atoms with Gasteiger partial charge in [-0.25, -0.2) is 14.3 Å². The van der Waals surface area contributed by atoms with Crippen molar-refractivity contribution in [2.45, 2.75) is 13.5 Å². The number of carboxylic acids is 2. The largest absolute Gasteiger partial charge is 0.478 e. The predicted molar refractivity (Wildman–Crippen MR) is 133 cm³/mol. The number of aryl methyl sites for hydroxylation is 1. The van der Waals surface area contributed by atoms with Crippen LogP contribution in [-0.4, -0.2) is 37.8 Å². The van der Waals surface area contributed by atoms with Crippen LogP contribution in [0.3, 0.4) is 0 Å². The molecular formula is C27H21N3O6. The van der Waals surface area contributed by atoms with Crippen LogP contribution in [0, 0.1) is 0 Å².